The van der Waals surface area contributed by atoms with Crippen LogP contribution in [0.4, 0.5) is 0 Å². The Kier molecular flexibility index (Phi) is 11.4. The van der Waals surface area contributed by atoms with E-state index >= 15 is 0 Å². The highest BCUT2D eigenvalue weighted by molar-refractivity contribution is 5.86. The number of amides is 1. The lowest BCUT2D eigenvalue weighted by Gasteiger charge is -2.18. The number of aromatic hydroxyl groups is 1. The second kappa shape index (κ2) is 12.7. The molecule has 1 aromatic carbocycles. The van der Waals surface area contributed by atoms with Gasteiger partial charge in [0.2, 0.25) is 5.91 Å². The number of carbonyl (C=O) groups excluding carboxylic acids is 1. The van der Waals surface area contributed by atoms with Crippen molar-refractivity contribution in [1.82, 2.24) is 5.32 Å². The molecule has 0 saturated heterocycles. The summed E-state index contributed by atoms with van der Waals surface area (Å²) < 4.78 is 0. The minimum Gasteiger partial charge on any atom is -0.508 e. The summed E-state index contributed by atoms with van der Waals surface area (Å²) in [5, 5.41) is 28.3. The molecule has 0 bridgehead atoms. The third-order valence-corrected chi connectivity index (χ3v) is 3.30. The van der Waals surface area contributed by atoms with Crippen LogP contribution < -0.4 is 16.8 Å². The molecule has 0 fully saturated rings. The number of carboxylic acids is 2. The van der Waals surface area contributed by atoms with Crippen molar-refractivity contribution in [2.24, 2.45) is 11.5 Å². The van der Waals surface area contributed by atoms with Gasteiger partial charge in [0.1, 0.15) is 11.8 Å². The minimum absolute atomic E-state index is 0.0987. The van der Waals surface area contributed by atoms with Gasteiger partial charge in [-0.2, -0.15) is 0 Å². The standard InChI is InChI=1S/C15H23N3O4.C2H4O2/c16-8-2-1-3-12(17)14(20)18-13(15(21)22)9-10-4-6-11(19)7-5-10;1-2(3)4/h4-7,12-13,19H,1-3,8-9,16-17H2,(H,18,20)(H,21,22);1H3,(H,3,4)/t12-,13-;/m0./s1. The molecule has 0 radical (unpaired) electrons. The summed E-state index contributed by atoms with van der Waals surface area (Å²) in [6, 6.07) is 4.35. The molecule has 9 heteroatoms. The number of nitrogens with two attached hydrogens (primary N) is 2. The van der Waals surface area contributed by atoms with E-state index in [1.54, 1.807) is 12.1 Å². The maximum Gasteiger partial charge on any atom is 0.326 e. The van der Waals surface area contributed by atoms with Gasteiger partial charge < -0.3 is 32.1 Å². The van der Waals surface area contributed by atoms with E-state index in [4.69, 9.17) is 21.4 Å². The number of carboxylic acid groups (broad SMARTS) is 2. The van der Waals surface area contributed by atoms with E-state index < -0.39 is 29.9 Å². The highest BCUT2D eigenvalue weighted by Crippen LogP contribution is 2.11. The Morgan fingerprint density at radius 2 is 1.65 bits per heavy atom. The largest absolute Gasteiger partial charge is 0.508 e. The van der Waals surface area contributed by atoms with Crippen LogP contribution in [0.3, 0.4) is 0 Å². The quantitative estimate of drug-likeness (QED) is 0.331. The second-order valence-electron chi connectivity index (χ2n) is 5.68. The van der Waals surface area contributed by atoms with E-state index in [0.717, 1.165) is 19.8 Å². The zero-order chi connectivity index (χ0) is 20.1. The average molecular weight is 369 g/mol. The Labute approximate surface area is 152 Å². The Morgan fingerprint density at radius 1 is 1.12 bits per heavy atom. The highest BCUT2D eigenvalue weighted by Gasteiger charge is 2.23. The van der Waals surface area contributed by atoms with Crippen molar-refractivity contribution < 1.29 is 29.7 Å². The van der Waals surface area contributed by atoms with Gasteiger partial charge in [0.15, 0.2) is 0 Å². The zero-order valence-corrected chi connectivity index (χ0v) is 14.7. The lowest BCUT2D eigenvalue weighted by molar-refractivity contribution is -0.142. The normalized spacial score (nSPS) is 12.3. The van der Waals surface area contributed by atoms with E-state index in [9.17, 15) is 19.8 Å². The Bertz CT molecular complexity index is 572. The van der Waals surface area contributed by atoms with Crippen LogP contribution in [-0.2, 0) is 20.8 Å². The number of phenolic OH excluding ortho intramolecular Hbond substituents is 1. The molecule has 0 saturated carbocycles. The van der Waals surface area contributed by atoms with Crippen molar-refractivity contribution in [1.29, 1.82) is 0 Å². The van der Waals surface area contributed by atoms with E-state index in [-0.39, 0.29) is 12.2 Å². The first-order chi connectivity index (χ1) is 12.2. The van der Waals surface area contributed by atoms with Crippen LogP contribution in [0.25, 0.3) is 0 Å². The third-order valence-electron chi connectivity index (χ3n) is 3.30. The molecule has 2 atom stereocenters. The lowest BCUT2D eigenvalue weighted by atomic mass is 10.0. The molecule has 1 amide bonds. The number of hydrogen-bond acceptors (Lipinski definition) is 6. The van der Waals surface area contributed by atoms with Gasteiger partial charge in [-0.05, 0) is 37.1 Å². The number of hydrogen-bond donors (Lipinski definition) is 6. The van der Waals surface area contributed by atoms with Crippen LogP contribution in [0, 0.1) is 0 Å². The molecule has 0 spiro atoms. The summed E-state index contributed by atoms with van der Waals surface area (Å²) in [4.78, 5) is 32.2. The molecule has 26 heavy (non-hydrogen) atoms. The van der Waals surface area contributed by atoms with Gasteiger partial charge in [0, 0.05) is 13.3 Å². The summed E-state index contributed by atoms with van der Waals surface area (Å²) >= 11 is 0. The van der Waals surface area contributed by atoms with Gasteiger partial charge in [0.05, 0.1) is 6.04 Å². The van der Waals surface area contributed by atoms with Gasteiger partial charge in [0.25, 0.3) is 5.97 Å². The maximum absolute atomic E-state index is 11.9. The Morgan fingerprint density at radius 3 is 2.12 bits per heavy atom. The van der Waals surface area contributed by atoms with Gasteiger partial charge in [-0.1, -0.05) is 18.6 Å². The first kappa shape index (κ1) is 23.4. The Hall–Kier alpha value is -2.65. The van der Waals surface area contributed by atoms with Crippen molar-refractivity contribution in [2.75, 3.05) is 6.54 Å². The highest BCUT2D eigenvalue weighted by atomic mass is 16.4. The first-order valence-corrected chi connectivity index (χ1v) is 8.13. The van der Waals surface area contributed by atoms with Crippen molar-refractivity contribution in [2.45, 2.75) is 44.7 Å². The number of rotatable bonds is 9. The summed E-state index contributed by atoms with van der Waals surface area (Å²) in [6.45, 7) is 1.62. The molecule has 0 aliphatic heterocycles. The fourth-order valence-corrected chi connectivity index (χ4v) is 1.99. The minimum atomic E-state index is -1.13. The molecular formula is C17H27N3O6. The van der Waals surface area contributed by atoms with E-state index in [1.807, 2.05) is 0 Å². The molecule has 0 unspecified atom stereocenters. The summed E-state index contributed by atoms with van der Waals surface area (Å²) in [7, 11) is 0. The predicted molar refractivity (Wildman–Crippen MR) is 95.6 cm³/mol. The third kappa shape index (κ3) is 11.0. The molecule has 1 rings (SSSR count). The van der Waals surface area contributed by atoms with Crippen molar-refractivity contribution in [3.05, 3.63) is 29.8 Å². The number of unbranched alkanes of at least 4 members (excludes halogenated alkanes) is 1. The van der Waals surface area contributed by atoms with Crippen LogP contribution in [0.1, 0.15) is 31.7 Å². The molecule has 0 aliphatic rings. The van der Waals surface area contributed by atoms with Crippen LogP contribution >= 0.6 is 0 Å². The van der Waals surface area contributed by atoms with E-state index in [1.165, 1.54) is 12.1 Å². The van der Waals surface area contributed by atoms with E-state index in [0.29, 0.717) is 18.5 Å². The van der Waals surface area contributed by atoms with Crippen LogP contribution in [0.2, 0.25) is 0 Å². The summed E-state index contributed by atoms with van der Waals surface area (Å²) in [5.41, 5.74) is 11.8. The molecule has 1 aromatic rings. The maximum atomic E-state index is 11.9. The van der Waals surface area contributed by atoms with Crippen LogP contribution in [0.15, 0.2) is 24.3 Å². The van der Waals surface area contributed by atoms with Gasteiger partial charge >= 0.3 is 5.97 Å². The van der Waals surface area contributed by atoms with Gasteiger partial charge in [-0.15, -0.1) is 0 Å². The lowest BCUT2D eigenvalue weighted by Crippen LogP contribution is -2.49. The molecular weight excluding hydrogens is 342 g/mol. The van der Waals surface area contributed by atoms with Gasteiger partial charge in [-0.3, -0.25) is 9.59 Å². The number of phenols is 1. The van der Waals surface area contributed by atoms with Crippen molar-refractivity contribution in [3.8, 4) is 5.75 Å². The molecule has 146 valence electrons. The molecule has 8 N–H and O–H groups in total. The molecule has 0 heterocycles. The van der Waals surface area contributed by atoms with Crippen molar-refractivity contribution in [3.63, 3.8) is 0 Å². The predicted octanol–water partition coefficient (Wildman–Crippen LogP) is 0.0513. The van der Waals surface area contributed by atoms with Crippen LogP contribution in [0.5, 0.6) is 5.75 Å². The number of carbonyl (C=O) groups is 3. The molecule has 0 aliphatic carbocycles. The fraction of sp³-hybridized carbons (Fsp3) is 0.471. The summed E-state index contributed by atoms with van der Waals surface area (Å²) in [6.07, 6.45) is 2.09. The zero-order valence-electron chi connectivity index (χ0n) is 14.7. The Balaban J connectivity index is 0.00000141. The first-order valence-electron chi connectivity index (χ1n) is 8.13. The van der Waals surface area contributed by atoms with Crippen molar-refractivity contribution >= 4 is 17.8 Å². The molecule has 9 nitrogen and oxygen atoms in total. The number of nitrogens with one attached hydrogen (secondary N) is 1. The average Bonchev–Trinajstić information content (AvgIpc) is 2.55. The number of aliphatic carboxylic acids is 2. The fourth-order valence-electron chi connectivity index (χ4n) is 1.99. The van der Waals surface area contributed by atoms with Gasteiger partial charge in [-0.25, -0.2) is 4.79 Å². The SMILES string of the molecule is CC(=O)O.NCCCC[C@H](N)C(=O)N[C@@H](Cc1ccc(O)cc1)C(=O)O. The second-order valence-corrected chi connectivity index (χ2v) is 5.68. The van der Waals surface area contributed by atoms with E-state index in [2.05, 4.69) is 5.32 Å². The molecule has 0 aromatic heterocycles. The number of benzene rings is 1. The monoisotopic (exact) mass is 369 g/mol. The van der Waals surface area contributed by atoms with Crippen LogP contribution in [-0.4, -0.2) is 51.8 Å². The topological polar surface area (TPSA) is 176 Å². The smallest absolute Gasteiger partial charge is 0.326 e. The summed E-state index contributed by atoms with van der Waals surface area (Å²) in [5.74, 6) is -2.35.